The number of benzene rings is 3. The number of H-pyrrole nitrogens is 1. The summed E-state index contributed by atoms with van der Waals surface area (Å²) in [5.74, 6) is 0.467. The fraction of sp³-hybridized carbons (Fsp3) is 0.312. The van der Waals surface area contributed by atoms with Gasteiger partial charge in [0.15, 0.2) is 0 Å². The summed E-state index contributed by atoms with van der Waals surface area (Å²) in [5.41, 5.74) is 9.52. The van der Waals surface area contributed by atoms with E-state index < -0.39 is 6.04 Å². The number of aromatic nitrogens is 1. The van der Waals surface area contributed by atoms with Crippen molar-refractivity contribution in [2.75, 3.05) is 49.1 Å². The Balaban J connectivity index is 1.10. The number of hydrogen-bond donors (Lipinski definition) is 3. The van der Waals surface area contributed by atoms with Crippen molar-refractivity contribution >= 4 is 40.0 Å². The van der Waals surface area contributed by atoms with Crippen LogP contribution in [0.4, 0.5) is 5.69 Å². The van der Waals surface area contributed by atoms with Gasteiger partial charge in [0.05, 0.1) is 0 Å². The van der Waals surface area contributed by atoms with E-state index in [-0.39, 0.29) is 33.0 Å². The average molecular weight is 701 g/mol. The minimum absolute atomic E-state index is 0.0362. The number of nitrogens with one attached hydrogen (secondary N) is 2. The molecule has 222 valence electrons. The second kappa shape index (κ2) is 14.4. The number of nitrogens with two attached hydrogens (primary N) is 1. The van der Waals surface area contributed by atoms with Crippen LogP contribution in [0, 0.1) is 3.57 Å². The zero-order valence-electron chi connectivity index (χ0n) is 23.6. The Morgan fingerprint density at radius 3 is 2.62 bits per heavy atom. The number of ether oxygens (including phenoxy) is 1. The number of hydrogen-bond acceptors (Lipinski definition) is 5. The molecule has 1 fully saturated rings. The number of anilines is 1. The minimum atomic E-state index is -0.720. The Morgan fingerprint density at radius 2 is 1.86 bits per heavy atom. The van der Waals surface area contributed by atoms with Crippen molar-refractivity contribution in [3.05, 3.63) is 92.6 Å². The van der Waals surface area contributed by atoms with Gasteiger partial charge in [0.25, 0.3) is 5.91 Å². The van der Waals surface area contributed by atoms with E-state index in [9.17, 15) is 9.59 Å². The van der Waals surface area contributed by atoms with Gasteiger partial charge in [-0.1, -0.05) is 11.6 Å². The number of halogens is 2. The Hall–Kier alpha value is -3.12. The Labute approximate surface area is 261 Å². The van der Waals surface area contributed by atoms with Crippen molar-refractivity contribution in [3.8, 4) is 5.75 Å². The van der Waals surface area contributed by atoms with Crippen molar-refractivity contribution in [2.45, 2.75) is 19.4 Å². The maximum absolute atomic E-state index is 13.2. The van der Waals surface area contributed by atoms with Gasteiger partial charge in [-0.2, -0.15) is 0 Å². The van der Waals surface area contributed by atoms with E-state index in [1.165, 1.54) is 8.00 Å². The summed E-state index contributed by atoms with van der Waals surface area (Å²) in [4.78, 5) is 33.7. The number of aromatic amines is 1. The number of alkyl halides is 1. The quantitative estimate of drug-likeness (QED) is 0.163. The van der Waals surface area contributed by atoms with Crippen LogP contribution in [0.3, 0.4) is 0 Å². The van der Waals surface area contributed by atoms with E-state index in [0.29, 0.717) is 42.4 Å². The Kier molecular flexibility index (Phi) is 10.4. The maximum atomic E-state index is 13.2. The van der Waals surface area contributed by atoms with Crippen LogP contribution >= 0.6 is 11.6 Å². The molecule has 5 rings (SSSR count). The molecule has 0 aliphatic carbocycles. The summed E-state index contributed by atoms with van der Waals surface area (Å²) in [6.07, 6.45) is 2.36. The SMILES string of the molecule is CC[I-]c1ccc2c(C[C@H](N)C(=O)Nc3cccc(C(=O)N4CCN(CCOc5ccc(Cl)cc5)CC4)c3)c[nH]c2c1. The van der Waals surface area contributed by atoms with Crippen LogP contribution < -0.4 is 37.0 Å². The molecule has 0 radical (unpaired) electrons. The number of rotatable bonds is 11. The number of carbonyl (C=O) groups excluding carboxylic acids is 2. The first-order valence-corrected chi connectivity index (χ1v) is 17.1. The van der Waals surface area contributed by atoms with Gasteiger partial charge in [-0.15, -0.1) is 0 Å². The Morgan fingerprint density at radius 1 is 1.07 bits per heavy atom. The van der Waals surface area contributed by atoms with Gasteiger partial charge in [0.2, 0.25) is 0 Å². The van der Waals surface area contributed by atoms with Crippen molar-refractivity contribution in [1.82, 2.24) is 14.8 Å². The first-order valence-electron chi connectivity index (χ1n) is 14.2. The molecule has 0 saturated carbocycles. The van der Waals surface area contributed by atoms with Crippen LogP contribution in [0.2, 0.25) is 5.02 Å². The molecule has 42 heavy (non-hydrogen) atoms. The third-order valence-electron chi connectivity index (χ3n) is 7.32. The van der Waals surface area contributed by atoms with Crippen LogP contribution in [0.15, 0.2) is 72.9 Å². The summed E-state index contributed by atoms with van der Waals surface area (Å²) in [6, 6.07) is 20.2. The van der Waals surface area contributed by atoms with E-state index >= 15 is 0 Å². The Bertz CT molecular complexity index is 1520. The van der Waals surface area contributed by atoms with Crippen LogP contribution in [0.25, 0.3) is 10.9 Å². The molecule has 0 spiro atoms. The molecule has 1 aliphatic heterocycles. The van der Waals surface area contributed by atoms with E-state index in [4.69, 9.17) is 22.1 Å². The fourth-order valence-electron chi connectivity index (χ4n) is 5.04. The average Bonchev–Trinajstić information content (AvgIpc) is 3.40. The molecule has 4 aromatic rings. The van der Waals surface area contributed by atoms with Crippen molar-refractivity contribution in [2.24, 2.45) is 5.73 Å². The van der Waals surface area contributed by atoms with Crippen molar-refractivity contribution in [1.29, 1.82) is 0 Å². The van der Waals surface area contributed by atoms with Gasteiger partial charge in [-0.3, -0.25) is 9.69 Å². The van der Waals surface area contributed by atoms with Gasteiger partial charge in [-0.25, -0.2) is 0 Å². The van der Waals surface area contributed by atoms with Crippen LogP contribution in [-0.4, -0.2) is 76.4 Å². The van der Waals surface area contributed by atoms with E-state index in [1.807, 2.05) is 35.4 Å². The van der Waals surface area contributed by atoms with Crippen LogP contribution in [-0.2, 0) is 11.2 Å². The number of piperazine rings is 1. The molecule has 0 bridgehead atoms. The molecule has 1 saturated heterocycles. The number of amides is 2. The van der Waals surface area contributed by atoms with E-state index in [1.54, 1.807) is 24.3 Å². The van der Waals surface area contributed by atoms with Crippen LogP contribution in [0.5, 0.6) is 5.75 Å². The molecule has 0 unspecified atom stereocenters. The third-order valence-corrected chi connectivity index (χ3v) is 9.89. The zero-order valence-corrected chi connectivity index (χ0v) is 26.5. The fourth-order valence-corrected chi connectivity index (χ4v) is 7.01. The van der Waals surface area contributed by atoms with Crippen molar-refractivity contribution < 1.29 is 35.5 Å². The molecule has 2 amide bonds. The van der Waals surface area contributed by atoms with E-state index in [0.717, 1.165) is 41.9 Å². The van der Waals surface area contributed by atoms with Gasteiger partial charge in [0, 0.05) is 37.7 Å². The first-order chi connectivity index (χ1) is 20.4. The topological polar surface area (TPSA) is 104 Å². The number of nitrogens with zero attached hydrogens (tertiary/aromatic N) is 2. The van der Waals surface area contributed by atoms with Crippen molar-refractivity contribution in [3.63, 3.8) is 0 Å². The normalized spacial score (nSPS) is 14.7. The predicted molar refractivity (Wildman–Crippen MR) is 164 cm³/mol. The third kappa shape index (κ3) is 7.83. The second-order valence-electron chi connectivity index (χ2n) is 10.2. The molecule has 3 aromatic carbocycles. The first kappa shape index (κ1) is 30.3. The van der Waals surface area contributed by atoms with Gasteiger partial charge < -0.3 is 9.64 Å². The molecule has 1 atom stereocenters. The molecule has 1 aliphatic rings. The molecule has 1 aromatic heterocycles. The zero-order chi connectivity index (χ0) is 29.5. The van der Waals surface area contributed by atoms with E-state index in [2.05, 4.69) is 40.3 Å². The second-order valence-corrected chi connectivity index (χ2v) is 14.2. The van der Waals surface area contributed by atoms with Crippen LogP contribution in [0.1, 0.15) is 22.8 Å². The van der Waals surface area contributed by atoms with Gasteiger partial charge in [-0.05, 0) is 30.3 Å². The molecule has 8 nitrogen and oxygen atoms in total. The molecule has 4 N–H and O–H groups in total. The van der Waals surface area contributed by atoms with Gasteiger partial charge >= 0.3 is 146 Å². The molecule has 10 heteroatoms. The summed E-state index contributed by atoms with van der Waals surface area (Å²) in [6.45, 7) is 6.38. The standard InChI is InChI=1S/C32H36ClIN5O3/c1-2-34-25-8-11-28-23(21-36-30(28)20-25)19-29(35)31(40)37-26-5-3-4-22(18-26)32(41)39-14-12-38(13-15-39)16-17-42-27-9-6-24(33)7-10-27/h3-11,18,20-21,29,36H,2,12-17,19,35H2,1H3,(H,37,40)/q-1/t29-/m0/s1. The molecule has 2 heterocycles. The molecular formula is C32H36ClIN5O3-. The number of fused-ring (bicyclic) bond motifs is 1. The van der Waals surface area contributed by atoms with Gasteiger partial charge in [0.1, 0.15) is 12.4 Å². The summed E-state index contributed by atoms with van der Waals surface area (Å²) in [5, 5.41) is 4.69. The monoisotopic (exact) mass is 700 g/mol. The predicted octanol–water partition coefficient (Wildman–Crippen LogP) is 1.45. The molecular weight excluding hydrogens is 665 g/mol. The summed E-state index contributed by atoms with van der Waals surface area (Å²) in [7, 11) is 0. The number of carbonyl (C=O) groups is 2. The summed E-state index contributed by atoms with van der Waals surface area (Å²) < 4.78 is 8.41. The summed E-state index contributed by atoms with van der Waals surface area (Å²) >= 11 is 5.96.